The maximum Gasteiger partial charge on any atom is 0.267 e. The van der Waals surface area contributed by atoms with E-state index in [-0.39, 0.29) is 17.7 Å². The quantitative estimate of drug-likeness (QED) is 0.798. The average Bonchev–Trinajstić information content (AvgIpc) is 2.16. The van der Waals surface area contributed by atoms with Gasteiger partial charge in [-0.05, 0) is 11.6 Å². The minimum Gasteiger partial charge on any atom is -0.383 e. The van der Waals surface area contributed by atoms with Crippen LogP contribution in [0.5, 0.6) is 0 Å². The van der Waals surface area contributed by atoms with E-state index in [0.29, 0.717) is 0 Å². The van der Waals surface area contributed by atoms with Crippen LogP contribution < -0.4 is 5.73 Å². The molecular weight excluding hydrogens is 202 g/mol. The zero-order valence-corrected chi connectivity index (χ0v) is 7.54. The van der Waals surface area contributed by atoms with Crippen molar-refractivity contribution in [1.82, 2.24) is 4.98 Å². The minimum absolute atomic E-state index is 0.0524. The van der Waals surface area contributed by atoms with Crippen molar-refractivity contribution in [3.8, 4) is 12.1 Å². The second kappa shape index (κ2) is 4.34. The van der Waals surface area contributed by atoms with Crippen LogP contribution in [0.15, 0.2) is 6.07 Å². The van der Waals surface area contributed by atoms with Gasteiger partial charge in [0.25, 0.3) is 6.43 Å². The smallest absolute Gasteiger partial charge is 0.267 e. The molecule has 0 aliphatic carbocycles. The van der Waals surface area contributed by atoms with Crippen LogP contribution in [0.2, 0.25) is 0 Å². The van der Waals surface area contributed by atoms with E-state index in [1.54, 1.807) is 12.1 Å². The minimum atomic E-state index is -2.80. The van der Waals surface area contributed by atoms with Crippen molar-refractivity contribution in [3.05, 3.63) is 22.9 Å². The number of nitrogens with two attached hydrogens (primary N) is 1. The van der Waals surface area contributed by atoms with E-state index in [4.69, 9.17) is 16.3 Å². The summed E-state index contributed by atoms with van der Waals surface area (Å²) in [6.07, 6.45) is -3.02. The highest BCUT2D eigenvalue weighted by atomic mass is 19.3. The van der Waals surface area contributed by atoms with Gasteiger partial charge in [-0.25, -0.2) is 13.8 Å². The van der Waals surface area contributed by atoms with Gasteiger partial charge < -0.3 is 5.73 Å². The van der Waals surface area contributed by atoms with Crippen LogP contribution in [0.4, 0.5) is 14.6 Å². The molecule has 2 N–H and O–H groups in total. The molecule has 6 heteroatoms. The fraction of sp³-hybridized carbons (Fsp3) is 0.222. The van der Waals surface area contributed by atoms with Gasteiger partial charge in [-0.1, -0.05) is 0 Å². The Hall–Kier alpha value is -2.21. The third-order valence-corrected chi connectivity index (χ3v) is 1.78. The summed E-state index contributed by atoms with van der Waals surface area (Å²) in [6, 6.07) is 4.57. The summed E-state index contributed by atoms with van der Waals surface area (Å²) in [5.41, 5.74) is 4.80. The second-order valence-electron chi connectivity index (χ2n) is 2.71. The highest BCUT2D eigenvalue weighted by molar-refractivity contribution is 5.49. The Bertz CT molecular complexity index is 456. The van der Waals surface area contributed by atoms with Crippen molar-refractivity contribution < 1.29 is 8.78 Å². The molecule has 76 valence electrons. The fourth-order valence-electron chi connectivity index (χ4n) is 1.17. The molecule has 0 bridgehead atoms. The van der Waals surface area contributed by atoms with Gasteiger partial charge in [0, 0.05) is 0 Å². The lowest BCUT2D eigenvalue weighted by Gasteiger charge is -2.08. The topological polar surface area (TPSA) is 86.5 Å². The summed E-state index contributed by atoms with van der Waals surface area (Å²) < 4.78 is 25.1. The summed E-state index contributed by atoms with van der Waals surface area (Å²) >= 11 is 0. The number of alkyl halides is 2. The molecule has 0 saturated heterocycles. The molecule has 4 nitrogen and oxygen atoms in total. The molecule has 1 aromatic rings. The second-order valence-corrected chi connectivity index (χ2v) is 2.71. The summed E-state index contributed by atoms with van der Waals surface area (Å²) in [4.78, 5) is 3.48. The first-order valence-corrected chi connectivity index (χ1v) is 3.94. The number of nitrogens with zero attached hydrogens (tertiary/aromatic N) is 3. The normalized spacial score (nSPS) is 9.67. The predicted octanol–water partition coefficient (Wildman–Crippen LogP) is 1.54. The molecule has 1 heterocycles. The Morgan fingerprint density at radius 3 is 2.60 bits per heavy atom. The number of anilines is 1. The number of hydrogen-bond acceptors (Lipinski definition) is 4. The van der Waals surface area contributed by atoms with Gasteiger partial charge >= 0.3 is 0 Å². The van der Waals surface area contributed by atoms with Crippen molar-refractivity contribution in [1.29, 1.82) is 10.5 Å². The lowest BCUT2D eigenvalue weighted by Crippen LogP contribution is -2.05. The van der Waals surface area contributed by atoms with Crippen LogP contribution in [0.25, 0.3) is 0 Å². The number of rotatable bonds is 2. The molecule has 0 aliphatic rings. The molecule has 0 radical (unpaired) electrons. The molecule has 0 atom stereocenters. The monoisotopic (exact) mass is 208 g/mol. The van der Waals surface area contributed by atoms with Crippen molar-refractivity contribution in [2.75, 3.05) is 5.73 Å². The van der Waals surface area contributed by atoms with E-state index >= 15 is 0 Å². The molecule has 1 rings (SSSR count). The Morgan fingerprint density at radius 1 is 1.47 bits per heavy atom. The molecule has 0 aliphatic heterocycles. The van der Waals surface area contributed by atoms with E-state index in [9.17, 15) is 8.78 Å². The Morgan fingerprint density at radius 2 is 2.13 bits per heavy atom. The number of hydrogen-bond donors (Lipinski definition) is 1. The molecule has 1 aromatic heterocycles. The lowest BCUT2D eigenvalue weighted by molar-refractivity contribution is 0.151. The first-order chi connectivity index (χ1) is 7.10. The largest absolute Gasteiger partial charge is 0.383 e. The molecule has 0 amide bonds. The van der Waals surface area contributed by atoms with Gasteiger partial charge in [-0.3, -0.25) is 0 Å². The van der Waals surface area contributed by atoms with Crippen molar-refractivity contribution >= 4 is 5.82 Å². The van der Waals surface area contributed by atoms with Gasteiger partial charge in [-0.2, -0.15) is 10.5 Å². The molecular formula is C9H6F2N4. The molecule has 0 spiro atoms. The number of halogens is 2. The molecule has 0 unspecified atom stereocenters. The third-order valence-electron chi connectivity index (χ3n) is 1.78. The summed E-state index contributed by atoms with van der Waals surface area (Å²) in [5, 5.41) is 17.0. The summed E-state index contributed by atoms with van der Waals surface area (Å²) in [5.74, 6) is -0.394. The van der Waals surface area contributed by atoms with Crippen molar-refractivity contribution in [3.63, 3.8) is 0 Å². The number of aromatic nitrogens is 1. The highest BCUT2D eigenvalue weighted by Crippen LogP contribution is 2.28. The van der Waals surface area contributed by atoms with Crippen LogP contribution >= 0.6 is 0 Å². The molecule has 15 heavy (non-hydrogen) atoms. The maximum atomic E-state index is 12.5. The van der Waals surface area contributed by atoms with E-state index in [2.05, 4.69) is 4.98 Å². The Kier molecular flexibility index (Phi) is 3.14. The van der Waals surface area contributed by atoms with Gasteiger partial charge in [-0.15, -0.1) is 0 Å². The maximum absolute atomic E-state index is 12.5. The van der Waals surface area contributed by atoms with Gasteiger partial charge in [0.2, 0.25) is 0 Å². The predicted molar refractivity (Wildman–Crippen MR) is 47.6 cm³/mol. The molecule has 0 fully saturated rings. The van der Waals surface area contributed by atoms with Gasteiger partial charge in [0.15, 0.2) is 0 Å². The third kappa shape index (κ3) is 2.18. The van der Waals surface area contributed by atoms with Crippen LogP contribution in [-0.4, -0.2) is 4.98 Å². The average molecular weight is 208 g/mol. The van der Waals surface area contributed by atoms with E-state index in [1.165, 1.54) is 0 Å². The SMILES string of the molecule is N#CCc1cc(C#N)nc(N)c1C(F)F. The van der Waals surface area contributed by atoms with Gasteiger partial charge in [0.1, 0.15) is 17.6 Å². The molecule has 0 saturated carbocycles. The van der Waals surface area contributed by atoms with E-state index < -0.39 is 17.8 Å². The fourth-order valence-corrected chi connectivity index (χ4v) is 1.17. The van der Waals surface area contributed by atoms with Crippen LogP contribution in [-0.2, 0) is 6.42 Å². The summed E-state index contributed by atoms with van der Waals surface area (Å²) in [6.45, 7) is 0. The van der Waals surface area contributed by atoms with Crippen LogP contribution in [0, 0.1) is 22.7 Å². The first-order valence-electron chi connectivity index (χ1n) is 3.94. The van der Waals surface area contributed by atoms with E-state index in [1.807, 2.05) is 0 Å². The number of nitrogen functional groups attached to an aromatic ring is 1. The Balaban J connectivity index is 3.38. The first kappa shape index (κ1) is 10.9. The number of pyridine rings is 1. The standard InChI is InChI=1S/C9H6F2N4/c10-8(11)7-5(1-2-12)3-6(4-13)15-9(7)14/h3,8H,1H2,(H2,14,15). The van der Waals surface area contributed by atoms with E-state index in [0.717, 1.165) is 6.07 Å². The van der Waals surface area contributed by atoms with Crippen molar-refractivity contribution in [2.45, 2.75) is 12.8 Å². The zero-order valence-electron chi connectivity index (χ0n) is 7.54. The highest BCUT2D eigenvalue weighted by Gasteiger charge is 2.18. The lowest BCUT2D eigenvalue weighted by atomic mass is 10.1. The van der Waals surface area contributed by atoms with Crippen molar-refractivity contribution in [2.24, 2.45) is 0 Å². The zero-order chi connectivity index (χ0) is 11.4. The number of nitriles is 2. The van der Waals surface area contributed by atoms with Gasteiger partial charge in [0.05, 0.1) is 18.1 Å². The molecule has 0 aromatic carbocycles. The van der Waals surface area contributed by atoms with Crippen LogP contribution in [0.1, 0.15) is 23.2 Å². The summed E-state index contributed by atoms with van der Waals surface area (Å²) in [7, 11) is 0. The van der Waals surface area contributed by atoms with Crippen LogP contribution in [0.3, 0.4) is 0 Å². The Labute approximate surface area is 84.6 Å².